The Labute approximate surface area is 93.0 Å². The van der Waals surface area contributed by atoms with Gasteiger partial charge in [-0.05, 0) is 29.7 Å². The van der Waals surface area contributed by atoms with Gasteiger partial charge in [0.05, 0.1) is 0 Å². The lowest BCUT2D eigenvalue weighted by Gasteiger charge is -2.03. The number of aryl methyl sites for hydroxylation is 1. The van der Waals surface area contributed by atoms with Crippen LogP contribution in [0.15, 0.2) is 28.7 Å². The quantitative estimate of drug-likeness (QED) is 0.749. The number of allylic oxidation sites excluding steroid dienone is 1. The molecule has 0 atom stereocenters. The lowest BCUT2D eigenvalue weighted by atomic mass is 10.0. The summed E-state index contributed by atoms with van der Waals surface area (Å²) in [6, 6.07) is 6.19. The van der Waals surface area contributed by atoms with Crippen LogP contribution in [0.2, 0.25) is 0 Å². The molecule has 0 fully saturated rings. The van der Waals surface area contributed by atoms with Crippen LogP contribution in [-0.2, 0) is 11.2 Å². The number of hydrogen-bond donors (Lipinski definition) is 0. The fraction of sp³-hybridized carbons (Fsp3) is 0.250. The van der Waals surface area contributed by atoms with E-state index in [9.17, 15) is 4.79 Å². The van der Waals surface area contributed by atoms with Crippen LogP contribution < -0.4 is 0 Å². The number of benzene rings is 1. The van der Waals surface area contributed by atoms with Crippen molar-refractivity contribution >= 4 is 28.3 Å². The third-order valence-electron chi connectivity index (χ3n) is 2.02. The summed E-state index contributed by atoms with van der Waals surface area (Å²) in [5.74, 6) is 0. The van der Waals surface area contributed by atoms with Crippen molar-refractivity contribution in [2.75, 3.05) is 0 Å². The Balaban J connectivity index is 2.90. The van der Waals surface area contributed by atoms with E-state index in [2.05, 4.69) is 35.0 Å². The first-order valence-electron chi connectivity index (χ1n) is 4.66. The second-order valence-corrected chi connectivity index (χ2v) is 3.92. The van der Waals surface area contributed by atoms with Crippen molar-refractivity contribution in [1.29, 1.82) is 0 Å². The van der Waals surface area contributed by atoms with Crippen molar-refractivity contribution in [2.45, 2.75) is 19.8 Å². The summed E-state index contributed by atoms with van der Waals surface area (Å²) in [5.41, 5.74) is 2.49. The number of hydrogen-bond acceptors (Lipinski definition) is 1. The van der Waals surface area contributed by atoms with Crippen LogP contribution in [-0.4, -0.2) is 6.29 Å². The van der Waals surface area contributed by atoms with Crippen molar-refractivity contribution in [1.82, 2.24) is 0 Å². The smallest absolute Gasteiger partial charge is 0.123 e. The standard InChI is InChI=1S/C12H13BrO/c1-2-10-9-12(13)7-6-11(10)5-3-4-8-14/h3,5-9H,2,4H2,1H3. The fourth-order valence-electron chi connectivity index (χ4n) is 1.29. The molecular formula is C12H13BrO. The molecule has 0 aliphatic rings. The third-order valence-corrected chi connectivity index (χ3v) is 2.51. The molecule has 0 aliphatic carbocycles. The molecule has 0 saturated carbocycles. The zero-order valence-corrected chi connectivity index (χ0v) is 9.75. The first-order chi connectivity index (χ1) is 6.77. The maximum atomic E-state index is 10.1. The monoisotopic (exact) mass is 252 g/mol. The molecular weight excluding hydrogens is 240 g/mol. The fourth-order valence-corrected chi connectivity index (χ4v) is 1.70. The average Bonchev–Trinajstić information content (AvgIpc) is 2.20. The van der Waals surface area contributed by atoms with Crippen LogP contribution in [0.5, 0.6) is 0 Å². The SMILES string of the molecule is CCc1cc(Br)ccc1C=CCC=O. The van der Waals surface area contributed by atoms with E-state index in [1.807, 2.05) is 18.2 Å². The molecule has 1 aromatic carbocycles. The van der Waals surface area contributed by atoms with Crippen LogP contribution in [0, 0.1) is 0 Å². The Morgan fingerprint density at radius 3 is 2.86 bits per heavy atom. The molecule has 0 unspecified atom stereocenters. The largest absolute Gasteiger partial charge is 0.303 e. The van der Waals surface area contributed by atoms with Crippen LogP contribution in [0.3, 0.4) is 0 Å². The molecule has 0 bridgehead atoms. The minimum Gasteiger partial charge on any atom is -0.303 e. The predicted molar refractivity (Wildman–Crippen MR) is 63.2 cm³/mol. The minimum atomic E-state index is 0.485. The Morgan fingerprint density at radius 2 is 2.21 bits per heavy atom. The Morgan fingerprint density at radius 1 is 1.43 bits per heavy atom. The van der Waals surface area contributed by atoms with Gasteiger partial charge in [0, 0.05) is 10.9 Å². The molecule has 74 valence electrons. The van der Waals surface area contributed by atoms with E-state index in [4.69, 9.17) is 0 Å². The lowest BCUT2D eigenvalue weighted by Crippen LogP contribution is -1.85. The number of rotatable bonds is 4. The van der Waals surface area contributed by atoms with Gasteiger partial charge in [-0.2, -0.15) is 0 Å². The second-order valence-electron chi connectivity index (χ2n) is 3.00. The van der Waals surface area contributed by atoms with E-state index in [1.54, 1.807) is 0 Å². The van der Waals surface area contributed by atoms with Crippen molar-refractivity contribution in [3.8, 4) is 0 Å². The average molecular weight is 253 g/mol. The van der Waals surface area contributed by atoms with Crippen molar-refractivity contribution < 1.29 is 4.79 Å². The molecule has 1 rings (SSSR count). The highest BCUT2D eigenvalue weighted by Gasteiger charge is 1.97. The minimum absolute atomic E-state index is 0.485. The molecule has 0 spiro atoms. The molecule has 1 aromatic rings. The van der Waals surface area contributed by atoms with E-state index in [0.717, 1.165) is 17.2 Å². The molecule has 0 aromatic heterocycles. The van der Waals surface area contributed by atoms with Gasteiger partial charge in [0.2, 0.25) is 0 Å². The highest BCUT2D eigenvalue weighted by Crippen LogP contribution is 2.18. The van der Waals surface area contributed by atoms with E-state index in [-0.39, 0.29) is 0 Å². The molecule has 0 amide bonds. The number of halogens is 1. The summed E-state index contributed by atoms with van der Waals surface area (Å²) in [6.07, 6.45) is 6.27. The zero-order valence-electron chi connectivity index (χ0n) is 8.16. The number of aldehydes is 1. The van der Waals surface area contributed by atoms with Gasteiger partial charge in [-0.1, -0.05) is 41.1 Å². The van der Waals surface area contributed by atoms with Crippen molar-refractivity contribution in [2.24, 2.45) is 0 Å². The summed E-state index contributed by atoms with van der Waals surface area (Å²) in [7, 11) is 0. The van der Waals surface area contributed by atoms with Gasteiger partial charge in [-0.25, -0.2) is 0 Å². The van der Waals surface area contributed by atoms with E-state index >= 15 is 0 Å². The molecule has 2 heteroatoms. The highest BCUT2D eigenvalue weighted by molar-refractivity contribution is 9.10. The van der Waals surface area contributed by atoms with Crippen LogP contribution in [0.1, 0.15) is 24.5 Å². The van der Waals surface area contributed by atoms with Crippen LogP contribution >= 0.6 is 15.9 Å². The predicted octanol–water partition coefficient (Wildman–Crippen LogP) is 3.61. The zero-order chi connectivity index (χ0) is 10.4. The lowest BCUT2D eigenvalue weighted by molar-refractivity contribution is -0.107. The first-order valence-corrected chi connectivity index (χ1v) is 5.45. The summed E-state index contributed by atoms with van der Waals surface area (Å²) in [4.78, 5) is 10.1. The van der Waals surface area contributed by atoms with Gasteiger partial charge in [0.25, 0.3) is 0 Å². The third kappa shape index (κ3) is 3.11. The van der Waals surface area contributed by atoms with E-state index in [1.165, 1.54) is 11.1 Å². The van der Waals surface area contributed by atoms with Crippen molar-refractivity contribution in [3.63, 3.8) is 0 Å². The maximum absolute atomic E-state index is 10.1. The molecule has 0 aliphatic heterocycles. The van der Waals surface area contributed by atoms with Crippen LogP contribution in [0.25, 0.3) is 6.08 Å². The molecule has 0 radical (unpaired) electrons. The Kier molecular flexibility index (Phi) is 4.60. The molecule has 0 saturated heterocycles. The second kappa shape index (κ2) is 5.76. The normalized spacial score (nSPS) is 10.7. The molecule has 14 heavy (non-hydrogen) atoms. The number of carbonyl (C=O) groups excluding carboxylic acids is 1. The molecule has 0 heterocycles. The topological polar surface area (TPSA) is 17.1 Å². The van der Waals surface area contributed by atoms with Gasteiger partial charge < -0.3 is 4.79 Å². The Bertz CT molecular complexity index is 342. The van der Waals surface area contributed by atoms with Gasteiger partial charge in [-0.3, -0.25) is 0 Å². The van der Waals surface area contributed by atoms with E-state index in [0.29, 0.717) is 6.42 Å². The van der Waals surface area contributed by atoms with Gasteiger partial charge in [-0.15, -0.1) is 0 Å². The maximum Gasteiger partial charge on any atom is 0.123 e. The molecule has 1 nitrogen and oxygen atoms in total. The van der Waals surface area contributed by atoms with Crippen molar-refractivity contribution in [3.05, 3.63) is 39.9 Å². The van der Waals surface area contributed by atoms with Gasteiger partial charge in [0.1, 0.15) is 6.29 Å². The number of carbonyl (C=O) groups is 1. The summed E-state index contributed by atoms with van der Waals surface area (Å²) >= 11 is 3.44. The summed E-state index contributed by atoms with van der Waals surface area (Å²) < 4.78 is 1.10. The first kappa shape index (κ1) is 11.2. The summed E-state index contributed by atoms with van der Waals surface area (Å²) in [5, 5.41) is 0. The summed E-state index contributed by atoms with van der Waals surface area (Å²) in [6.45, 7) is 2.12. The van der Waals surface area contributed by atoms with Crippen LogP contribution in [0.4, 0.5) is 0 Å². The van der Waals surface area contributed by atoms with E-state index < -0.39 is 0 Å². The van der Waals surface area contributed by atoms with Gasteiger partial charge >= 0.3 is 0 Å². The Hall–Kier alpha value is -0.890. The highest BCUT2D eigenvalue weighted by atomic mass is 79.9. The van der Waals surface area contributed by atoms with Gasteiger partial charge in [0.15, 0.2) is 0 Å². The molecule has 0 N–H and O–H groups in total.